The van der Waals surface area contributed by atoms with Gasteiger partial charge >= 0.3 is 0 Å². The van der Waals surface area contributed by atoms with Gasteiger partial charge in [0.1, 0.15) is 0 Å². The van der Waals surface area contributed by atoms with E-state index in [1.165, 1.54) is 96.4 Å². The molecule has 0 N–H and O–H groups in total. The number of hydrogen-bond acceptors (Lipinski definition) is 0. The summed E-state index contributed by atoms with van der Waals surface area (Å²) in [5.41, 5.74) is 0. The minimum absolute atomic E-state index is 0. The van der Waals surface area contributed by atoms with Gasteiger partial charge in [-0.05, 0) is 12.8 Å². The van der Waals surface area contributed by atoms with Crippen LogP contribution in [-0.2, 0) is 22.4 Å². The Morgan fingerprint density at radius 3 is 1.05 bits per heavy atom. The van der Waals surface area contributed by atoms with Crippen molar-refractivity contribution >= 4 is 0 Å². The molecule has 1 nitrogen and oxygen atoms in total. The second-order valence-electron chi connectivity index (χ2n) is 7.61. The standard InChI is InChI=1S/C19H42N.Au.BrH/c1-5-6-7-8-9-10-11-12-13-14-15-16-17-18-19-20(2,3)4;;/h5-19H2,1-4H3;;1H/q+1;;/p-1. The predicted octanol–water partition coefficient (Wildman–Crippen LogP) is 3.18. The molecule has 0 aliphatic carbocycles. The van der Waals surface area contributed by atoms with Crippen molar-refractivity contribution in [2.75, 3.05) is 27.7 Å². The Kier molecular flexibility index (Phi) is 25.7. The summed E-state index contributed by atoms with van der Waals surface area (Å²) >= 11 is 0. The van der Waals surface area contributed by atoms with Crippen molar-refractivity contribution < 1.29 is 43.8 Å². The molecule has 0 aliphatic rings. The third-order valence-corrected chi connectivity index (χ3v) is 4.18. The Morgan fingerprint density at radius 2 is 0.773 bits per heavy atom. The van der Waals surface area contributed by atoms with Crippen LogP contribution in [0.25, 0.3) is 0 Å². The van der Waals surface area contributed by atoms with Crippen LogP contribution in [-0.4, -0.2) is 32.2 Å². The van der Waals surface area contributed by atoms with E-state index in [9.17, 15) is 0 Å². The maximum Gasteiger partial charge on any atom is 0.0780 e. The van der Waals surface area contributed by atoms with Crippen molar-refractivity contribution in [1.82, 2.24) is 0 Å². The minimum Gasteiger partial charge on any atom is -1.00 e. The van der Waals surface area contributed by atoms with Crippen LogP contribution in [0, 0.1) is 0 Å². The minimum atomic E-state index is 0. The largest absolute Gasteiger partial charge is 1.00 e. The second-order valence-corrected chi connectivity index (χ2v) is 7.61. The Labute approximate surface area is 167 Å². The normalized spacial score (nSPS) is 10.9. The average Bonchev–Trinajstić information content (AvgIpc) is 2.38. The van der Waals surface area contributed by atoms with Gasteiger partial charge in [0.25, 0.3) is 0 Å². The first kappa shape index (κ1) is 28.0. The van der Waals surface area contributed by atoms with E-state index in [1.54, 1.807) is 0 Å². The quantitative estimate of drug-likeness (QED) is 0.164. The first-order valence-electron chi connectivity index (χ1n) is 9.36. The molecule has 0 spiro atoms. The summed E-state index contributed by atoms with van der Waals surface area (Å²) < 4.78 is 1.12. The molecule has 0 saturated heterocycles. The number of unbranched alkanes of at least 4 members (excludes halogenated alkanes) is 13. The molecule has 0 aromatic rings. The van der Waals surface area contributed by atoms with E-state index >= 15 is 0 Å². The molecule has 22 heavy (non-hydrogen) atoms. The zero-order chi connectivity index (χ0) is 15.1. The van der Waals surface area contributed by atoms with Gasteiger partial charge in [0.05, 0.1) is 27.7 Å². The summed E-state index contributed by atoms with van der Waals surface area (Å²) in [5, 5.41) is 0. The molecule has 0 saturated carbocycles. The summed E-state index contributed by atoms with van der Waals surface area (Å²) in [6.45, 7) is 3.63. The van der Waals surface area contributed by atoms with E-state index in [2.05, 4.69) is 28.1 Å². The van der Waals surface area contributed by atoms with E-state index in [1.807, 2.05) is 0 Å². The van der Waals surface area contributed by atoms with Crippen LogP contribution in [0.15, 0.2) is 0 Å². The van der Waals surface area contributed by atoms with Crippen molar-refractivity contribution in [1.29, 1.82) is 0 Å². The van der Waals surface area contributed by atoms with Crippen LogP contribution >= 0.6 is 0 Å². The molecule has 0 aliphatic heterocycles. The molecule has 0 aromatic heterocycles. The Balaban J connectivity index is -0.00000180. The number of rotatable bonds is 15. The van der Waals surface area contributed by atoms with Gasteiger partial charge in [-0.2, -0.15) is 0 Å². The molecule has 3 heteroatoms. The summed E-state index contributed by atoms with van der Waals surface area (Å²) in [6.07, 6.45) is 20.4. The average molecular weight is 561 g/mol. The number of hydrogen-bond donors (Lipinski definition) is 0. The maximum atomic E-state index is 2.29. The smallest absolute Gasteiger partial charge is 0.0780 e. The van der Waals surface area contributed by atoms with Crippen molar-refractivity contribution in [2.24, 2.45) is 0 Å². The maximum absolute atomic E-state index is 2.29. The topological polar surface area (TPSA) is 0 Å². The van der Waals surface area contributed by atoms with Crippen molar-refractivity contribution in [2.45, 2.75) is 96.8 Å². The Morgan fingerprint density at radius 1 is 0.500 bits per heavy atom. The molecular formula is C19H42AuBrN. The van der Waals surface area contributed by atoms with Gasteiger partial charge < -0.3 is 21.5 Å². The molecule has 0 unspecified atom stereocenters. The van der Waals surface area contributed by atoms with Gasteiger partial charge in [0.2, 0.25) is 0 Å². The van der Waals surface area contributed by atoms with Gasteiger partial charge in [-0.25, -0.2) is 0 Å². The molecule has 0 fully saturated rings. The number of quaternary nitrogens is 1. The van der Waals surface area contributed by atoms with Crippen LogP contribution in [0.5, 0.6) is 0 Å². The zero-order valence-electron chi connectivity index (χ0n) is 15.7. The van der Waals surface area contributed by atoms with Crippen LogP contribution in [0.4, 0.5) is 0 Å². The third-order valence-electron chi connectivity index (χ3n) is 4.18. The molecule has 0 atom stereocenters. The molecule has 0 amide bonds. The van der Waals surface area contributed by atoms with Crippen LogP contribution in [0.3, 0.4) is 0 Å². The first-order chi connectivity index (χ1) is 9.56. The predicted molar refractivity (Wildman–Crippen MR) is 93.2 cm³/mol. The fourth-order valence-electron chi connectivity index (χ4n) is 2.78. The SMILES string of the molecule is CCCCCCCCCCCCCCCC[N+](C)(C)C.[Au].[Br-]. The Bertz CT molecular complexity index is 192. The van der Waals surface area contributed by atoms with Gasteiger partial charge in [-0.1, -0.05) is 84.0 Å². The summed E-state index contributed by atoms with van der Waals surface area (Å²) in [7, 11) is 6.88. The van der Waals surface area contributed by atoms with E-state index in [-0.39, 0.29) is 39.4 Å². The molecule has 141 valence electrons. The molecule has 0 bridgehead atoms. The van der Waals surface area contributed by atoms with Crippen molar-refractivity contribution in [3.8, 4) is 0 Å². The second kappa shape index (κ2) is 20.2. The van der Waals surface area contributed by atoms with Gasteiger partial charge in [0, 0.05) is 22.4 Å². The van der Waals surface area contributed by atoms with Gasteiger partial charge in [0.15, 0.2) is 0 Å². The van der Waals surface area contributed by atoms with Crippen molar-refractivity contribution in [3.05, 3.63) is 0 Å². The van der Waals surface area contributed by atoms with Crippen LogP contribution in [0.1, 0.15) is 96.8 Å². The zero-order valence-corrected chi connectivity index (χ0v) is 19.5. The van der Waals surface area contributed by atoms with E-state index in [0.717, 1.165) is 4.48 Å². The summed E-state index contributed by atoms with van der Waals surface area (Å²) in [5.74, 6) is 0. The molecule has 0 rings (SSSR count). The fourth-order valence-corrected chi connectivity index (χ4v) is 2.78. The third kappa shape index (κ3) is 26.1. The van der Waals surface area contributed by atoms with Crippen LogP contribution in [0.2, 0.25) is 0 Å². The molecule has 0 aromatic carbocycles. The van der Waals surface area contributed by atoms with E-state index < -0.39 is 0 Å². The van der Waals surface area contributed by atoms with E-state index in [4.69, 9.17) is 0 Å². The number of halogens is 1. The van der Waals surface area contributed by atoms with Gasteiger partial charge in [-0.3, -0.25) is 0 Å². The summed E-state index contributed by atoms with van der Waals surface area (Å²) in [4.78, 5) is 0. The van der Waals surface area contributed by atoms with E-state index in [0.29, 0.717) is 0 Å². The Hall–Kier alpha value is 1.18. The fraction of sp³-hybridized carbons (Fsp3) is 1.00. The number of nitrogens with zero attached hydrogens (tertiary/aromatic N) is 1. The first-order valence-corrected chi connectivity index (χ1v) is 9.36. The molecule has 1 radical (unpaired) electrons. The van der Waals surface area contributed by atoms with Gasteiger partial charge in [-0.15, -0.1) is 0 Å². The van der Waals surface area contributed by atoms with Crippen molar-refractivity contribution in [3.63, 3.8) is 0 Å². The molecular weight excluding hydrogens is 519 g/mol. The summed E-state index contributed by atoms with van der Waals surface area (Å²) in [6, 6.07) is 0. The monoisotopic (exact) mass is 560 g/mol. The molecule has 0 heterocycles. The van der Waals surface area contributed by atoms with Crippen LogP contribution < -0.4 is 17.0 Å².